The second-order valence-electron chi connectivity index (χ2n) is 4.10. The first-order chi connectivity index (χ1) is 7.59. The number of rotatable bonds is 5. The molecule has 0 saturated carbocycles. The summed E-state index contributed by atoms with van der Waals surface area (Å²) in [5.74, 6) is 0. The Morgan fingerprint density at radius 3 is 2.75 bits per heavy atom. The fourth-order valence-electron chi connectivity index (χ4n) is 1.91. The lowest BCUT2D eigenvalue weighted by molar-refractivity contribution is -0.0279. The molecule has 2 atom stereocenters. The molecule has 1 aromatic rings. The molecule has 4 nitrogen and oxygen atoms in total. The summed E-state index contributed by atoms with van der Waals surface area (Å²) in [6.45, 7) is 4.17. The molecule has 0 aliphatic rings. The van der Waals surface area contributed by atoms with E-state index in [1.165, 1.54) is 0 Å². The van der Waals surface area contributed by atoms with Crippen molar-refractivity contribution >= 4 is 5.69 Å². The highest BCUT2D eigenvalue weighted by molar-refractivity contribution is 5.47. The second-order valence-corrected chi connectivity index (χ2v) is 4.10. The van der Waals surface area contributed by atoms with Crippen LogP contribution in [0.5, 0.6) is 0 Å². The molecule has 0 spiro atoms. The van der Waals surface area contributed by atoms with Gasteiger partial charge in [-0.1, -0.05) is 6.92 Å². The molecule has 0 radical (unpaired) electrons. The van der Waals surface area contributed by atoms with Gasteiger partial charge in [0.15, 0.2) is 0 Å². The quantitative estimate of drug-likeness (QED) is 0.798. The number of hydrogen-bond acceptors (Lipinski definition) is 4. The summed E-state index contributed by atoms with van der Waals surface area (Å²) in [4.78, 5) is 4.12. The van der Waals surface area contributed by atoms with Crippen LogP contribution in [-0.4, -0.2) is 24.7 Å². The van der Waals surface area contributed by atoms with Gasteiger partial charge in [0.1, 0.15) is 0 Å². The summed E-state index contributed by atoms with van der Waals surface area (Å²) in [5, 5.41) is 3.26. The van der Waals surface area contributed by atoms with Gasteiger partial charge in [-0.25, -0.2) is 0 Å². The van der Waals surface area contributed by atoms with E-state index < -0.39 is 0 Å². The molecule has 1 rings (SSSR count). The smallest absolute Gasteiger partial charge is 0.0843 e. The molecule has 3 N–H and O–H groups in total. The molecule has 0 fully saturated rings. The predicted octanol–water partition coefficient (Wildman–Crippen LogP) is 1.74. The van der Waals surface area contributed by atoms with Crippen molar-refractivity contribution in [1.82, 2.24) is 10.3 Å². The number of nitrogens with one attached hydrogen (secondary N) is 1. The fourth-order valence-corrected chi connectivity index (χ4v) is 1.91. The number of nitrogen functional groups attached to an aromatic ring is 1. The predicted molar refractivity (Wildman–Crippen MR) is 66.2 cm³/mol. The van der Waals surface area contributed by atoms with Crippen molar-refractivity contribution in [2.75, 3.05) is 19.9 Å². The minimum absolute atomic E-state index is 0.0381. The summed E-state index contributed by atoms with van der Waals surface area (Å²) in [5.41, 5.74) is 7.41. The fraction of sp³-hybridized carbons (Fsp3) is 0.583. The van der Waals surface area contributed by atoms with Crippen LogP contribution < -0.4 is 11.1 Å². The van der Waals surface area contributed by atoms with Crippen molar-refractivity contribution in [2.24, 2.45) is 0 Å². The van der Waals surface area contributed by atoms with Crippen LogP contribution in [-0.2, 0) is 4.74 Å². The number of nitrogens with zero attached hydrogens (tertiary/aromatic N) is 1. The Bertz CT molecular complexity index is 337. The topological polar surface area (TPSA) is 60.2 Å². The van der Waals surface area contributed by atoms with Crippen molar-refractivity contribution < 1.29 is 4.74 Å². The number of likely N-dealkylation sites (N-methyl/N-ethyl adjacent to an activating group) is 1. The number of nitrogens with two attached hydrogens (primary N) is 1. The van der Waals surface area contributed by atoms with Crippen LogP contribution in [0.25, 0.3) is 0 Å². The van der Waals surface area contributed by atoms with Crippen molar-refractivity contribution in [3.8, 4) is 0 Å². The van der Waals surface area contributed by atoms with Crippen LogP contribution in [0.1, 0.15) is 31.9 Å². The van der Waals surface area contributed by atoms with Crippen molar-refractivity contribution in [3.63, 3.8) is 0 Å². The molecule has 16 heavy (non-hydrogen) atoms. The van der Waals surface area contributed by atoms with Gasteiger partial charge in [-0.05, 0) is 26.5 Å². The van der Waals surface area contributed by atoms with Gasteiger partial charge in [-0.3, -0.25) is 4.98 Å². The van der Waals surface area contributed by atoms with Gasteiger partial charge >= 0.3 is 0 Å². The molecule has 0 saturated heterocycles. The van der Waals surface area contributed by atoms with Crippen LogP contribution in [0.15, 0.2) is 18.5 Å². The molecular formula is C12H21N3O. The lowest BCUT2D eigenvalue weighted by atomic mass is 9.88. The standard InChI is InChI=1S/C12H21N3O/c1-5-12(2,16-4)11(14-3)9-8-15-7-6-10(9)13/h6-8,11,14H,5H2,1-4H3,(H2,13,15). The average molecular weight is 223 g/mol. The maximum atomic E-state index is 5.97. The monoisotopic (exact) mass is 223 g/mol. The normalized spacial score (nSPS) is 16.8. The Kier molecular flexibility index (Phi) is 4.26. The minimum Gasteiger partial charge on any atom is -0.398 e. The van der Waals surface area contributed by atoms with Crippen LogP contribution in [0, 0.1) is 0 Å². The highest BCUT2D eigenvalue weighted by Gasteiger charge is 2.33. The van der Waals surface area contributed by atoms with Gasteiger partial charge in [-0.2, -0.15) is 0 Å². The van der Waals surface area contributed by atoms with Crippen molar-refractivity contribution in [1.29, 1.82) is 0 Å². The number of methoxy groups -OCH3 is 1. The summed E-state index contributed by atoms with van der Waals surface area (Å²) in [6, 6.07) is 1.85. The maximum Gasteiger partial charge on any atom is 0.0843 e. The zero-order chi connectivity index (χ0) is 12.2. The largest absolute Gasteiger partial charge is 0.398 e. The Hall–Kier alpha value is -1.13. The molecule has 90 valence electrons. The Morgan fingerprint density at radius 1 is 1.62 bits per heavy atom. The molecule has 0 aliphatic carbocycles. The van der Waals surface area contributed by atoms with Crippen LogP contribution in [0.4, 0.5) is 5.69 Å². The minimum atomic E-state index is -0.286. The zero-order valence-electron chi connectivity index (χ0n) is 10.4. The van der Waals surface area contributed by atoms with Crippen LogP contribution in [0.3, 0.4) is 0 Å². The number of ether oxygens (including phenoxy) is 1. The number of aromatic nitrogens is 1. The van der Waals surface area contributed by atoms with Gasteiger partial charge in [0.25, 0.3) is 0 Å². The first-order valence-electron chi connectivity index (χ1n) is 5.50. The molecule has 2 unspecified atom stereocenters. The van der Waals surface area contributed by atoms with E-state index >= 15 is 0 Å². The third kappa shape index (κ3) is 2.33. The summed E-state index contributed by atoms with van der Waals surface area (Å²) >= 11 is 0. The number of anilines is 1. The Labute approximate surface area is 97.2 Å². The third-order valence-corrected chi connectivity index (χ3v) is 3.27. The van der Waals surface area contributed by atoms with E-state index in [0.29, 0.717) is 0 Å². The highest BCUT2D eigenvalue weighted by Crippen LogP contribution is 2.33. The lowest BCUT2D eigenvalue weighted by Gasteiger charge is -2.36. The molecule has 1 heterocycles. The Morgan fingerprint density at radius 2 is 2.31 bits per heavy atom. The zero-order valence-corrected chi connectivity index (χ0v) is 10.4. The highest BCUT2D eigenvalue weighted by atomic mass is 16.5. The van der Waals surface area contributed by atoms with Crippen molar-refractivity contribution in [3.05, 3.63) is 24.0 Å². The van der Waals surface area contributed by atoms with Crippen LogP contribution >= 0.6 is 0 Å². The summed E-state index contributed by atoms with van der Waals surface area (Å²) < 4.78 is 5.60. The van der Waals surface area contributed by atoms with Crippen molar-refractivity contribution in [2.45, 2.75) is 31.9 Å². The average Bonchev–Trinajstić information content (AvgIpc) is 2.32. The van der Waals surface area contributed by atoms with Gasteiger partial charge in [0.2, 0.25) is 0 Å². The Balaban J connectivity index is 3.12. The molecular weight excluding hydrogens is 202 g/mol. The molecule has 0 aromatic carbocycles. The molecule has 0 bridgehead atoms. The van der Waals surface area contributed by atoms with Gasteiger partial charge in [-0.15, -0.1) is 0 Å². The van der Waals surface area contributed by atoms with Crippen LogP contribution in [0.2, 0.25) is 0 Å². The van der Waals surface area contributed by atoms with E-state index in [1.807, 2.05) is 13.1 Å². The number of hydrogen-bond donors (Lipinski definition) is 2. The first kappa shape index (κ1) is 12.9. The molecule has 4 heteroatoms. The third-order valence-electron chi connectivity index (χ3n) is 3.27. The molecule has 1 aromatic heterocycles. The van der Waals surface area contributed by atoms with Gasteiger partial charge < -0.3 is 15.8 Å². The van der Waals surface area contributed by atoms with E-state index in [2.05, 4.69) is 24.1 Å². The van der Waals surface area contributed by atoms with E-state index in [4.69, 9.17) is 10.5 Å². The summed E-state index contributed by atoms with van der Waals surface area (Å²) in [6.07, 6.45) is 4.38. The lowest BCUT2D eigenvalue weighted by Crippen LogP contribution is -2.41. The van der Waals surface area contributed by atoms with Gasteiger partial charge in [0.05, 0.1) is 11.6 Å². The number of pyridine rings is 1. The SMILES string of the molecule is CCC(C)(OC)C(NC)c1cnccc1N. The van der Waals surface area contributed by atoms with E-state index in [9.17, 15) is 0 Å². The maximum absolute atomic E-state index is 5.97. The van der Waals surface area contributed by atoms with E-state index in [-0.39, 0.29) is 11.6 Å². The van der Waals surface area contributed by atoms with E-state index in [1.54, 1.807) is 19.5 Å². The molecule has 0 aliphatic heterocycles. The van der Waals surface area contributed by atoms with E-state index in [0.717, 1.165) is 17.7 Å². The first-order valence-corrected chi connectivity index (χ1v) is 5.50. The van der Waals surface area contributed by atoms with Gasteiger partial charge in [0, 0.05) is 30.8 Å². The summed E-state index contributed by atoms with van der Waals surface area (Å²) in [7, 11) is 3.63. The molecule has 0 amide bonds. The second kappa shape index (κ2) is 5.27.